The van der Waals surface area contributed by atoms with E-state index in [1.807, 2.05) is 29.2 Å². The van der Waals surface area contributed by atoms with Crippen molar-refractivity contribution in [3.05, 3.63) is 24.3 Å². The highest BCUT2D eigenvalue weighted by Crippen LogP contribution is 2.16. The summed E-state index contributed by atoms with van der Waals surface area (Å²) in [4.78, 5) is 16.2. The van der Waals surface area contributed by atoms with Crippen LogP contribution in [0.25, 0.3) is 0 Å². The normalized spacial score (nSPS) is 15.4. The second-order valence-corrected chi connectivity index (χ2v) is 6.43. The first kappa shape index (κ1) is 18.4. The topological polar surface area (TPSA) is 54.0 Å². The van der Waals surface area contributed by atoms with Crippen molar-refractivity contribution in [2.75, 3.05) is 53.0 Å². The van der Waals surface area contributed by atoms with Gasteiger partial charge in [-0.05, 0) is 30.2 Å². The Morgan fingerprint density at radius 1 is 1.12 bits per heavy atom. The van der Waals surface area contributed by atoms with Crippen LogP contribution in [0.5, 0.6) is 11.5 Å². The third-order valence-corrected chi connectivity index (χ3v) is 4.06. The van der Waals surface area contributed by atoms with E-state index in [0.717, 1.165) is 50.8 Å². The maximum Gasteiger partial charge on any atom is 0.317 e. The Morgan fingerprint density at radius 2 is 1.75 bits per heavy atom. The minimum Gasteiger partial charge on any atom is -0.497 e. The van der Waals surface area contributed by atoms with Gasteiger partial charge in [0.15, 0.2) is 0 Å². The van der Waals surface area contributed by atoms with Crippen LogP contribution in [0.15, 0.2) is 24.3 Å². The molecule has 0 atom stereocenters. The summed E-state index contributed by atoms with van der Waals surface area (Å²) in [5, 5.41) is 2.97. The fraction of sp³-hybridized carbons (Fsp3) is 0.611. The molecule has 1 saturated heterocycles. The molecule has 1 fully saturated rings. The molecule has 1 heterocycles. The standard InChI is InChI=1S/C18H29N3O3/c1-15(2)14-19-18(22)21-10-8-20(9-11-21)12-13-24-17-6-4-16(23-3)5-7-17/h4-7,15H,8-14H2,1-3H3,(H,19,22). The molecule has 6 nitrogen and oxygen atoms in total. The third-order valence-electron chi connectivity index (χ3n) is 4.06. The lowest BCUT2D eigenvalue weighted by Crippen LogP contribution is -2.52. The Balaban J connectivity index is 1.63. The number of hydrogen-bond acceptors (Lipinski definition) is 4. The number of carbonyl (C=O) groups excluding carboxylic acids is 1. The zero-order valence-electron chi connectivity index (χ0n) is 15.0. The van der Waals surface area contributed by atoms with Gasteiger partial charge in [-0.1, -0.05) is 13.8 Å². The zero-order valence-corrected chi connectivity index (χ0v) is 15.0. The van der Waals surface area contributed by atoms with Crippen molar-refractivity contribution in [2.24, 2.45) is 5.92 Å². The minimum absolute atomic E-state index is 0.0535. The van der Waals surface area contributed by atoms with Crippen LogP contribution >= 0.6 is 0 Å². The van der Waals surface area contributed by atoms with Gasteiger partial charge in [0, 0.05) is 39.3 Å². The molecule has 2 rings (SSSR count). The van der Waals surface area contributed by atoms with Crippen LogP contribution < -0.4 is 14.8 Å². The van der Waals surface area contributed by atoms with Gasteiger partial charge in [-0.15, -0.1) is 0 Å². The van der Waals surface area contributed by atoms with Gasteiger partial charge in [-0.3, -0.25) is 4.90 Å². The Kier molecular flexibility index (Phi) is 7.18. The largest absolute Gasteiger partial charge is 0.497 e. The van der Waals surface area contributed by atoms with Crippen molar-refractivity contribution in [3.8, 4) is 11.5 Å². The van der Waals surface area contributed by atoms with Gasteiger partial charge in [0.05, 0.1) is 7.11 Å². The molecule has 1 N–H and O–H groups in total. The summed E-state index contributed by atoms with van der Waals surface area (Å²) >= 11 is 0. The van der Waals surface area contributed by atoms with Gasteiger partial charge in [-0.25, -0.2) is 4.79 Å². The molecular weight excluding hydrogens is 306 g/mol. The molecule has 1 aliphatic heterocycles. The smallest absolute Gasteiger partial charge is 0.317 e. The van der Waals surface area contributed by atoms with Crippen molar-refractivity contribution >= 4 is 6.03 Å². The van der Waals surface area contributed by atoms with E-state index < -0.39 is 0 Å². The first-order valence-electron chi connectivity index (χ1n) is 8.60. The monoisotopic (exact) mass is 335 g/mol. The molecule has 24 heavy (non-hydrogen) atoms. The van der Waals surface area contributed by atoms with Gasteiger partial charge in [0.2, 0.25) is 0 Å². The first-order chi connectivity index (χ1) is 11.6. The van der Waals surface area contributed by atoms with E-state index in [9.17, 15) is 4.79 Å². The maximum atomic E-state index is 12.0. The van der Waals surface area contributed by atoms with Crippen molar-refractivity contribution in [2.45, 2.75) is 13.8 Å². The van der Waals surface area contributed by atoms with E-state index in [-0.39, 0.29) is 6.03 Å². The molecule has 0 spiro atoms. The van der Waals surface area contributed by atoms with Gasteiger partial charge in [-0.2, -0.15) is 0 Å². The SMILES string of the molecule is COc1ccc(OCCN2CCN(C(=O)NCC(C)C)CC2)cc1. The average molecular weight is 335 g/mol. The summed E-state index contributed by atoms with van der Waals surface area (Å²) in [6, 6.07) is 7.66. The molecule has 134 valence electrons. The Morgan fingerprint density at radius 3 is 2.33 bits per heavy atom. The van der Waals surface area contributed by atoms with Crippen LogP contribution in [-0.2, 0) is 0 Å². The van der Waals surface area contributed by atoms with Gasteiger partial charge in [0.25, 0.3) is 0 Å². The van der Waals surface area contributed by atoms with E-state index in [4.69, 9.17) is 9.47 Å². The number of benzene rings is 1. The fourth-order valence-electron chi connectivity index (χ4n) is 2.54. The lowest BCUT2D eigenvalue weighted by atomic mass is 10.2. The number of carbonyl (C=O) groups is 1. The molecule has 0 bridgehead atoms. The highest BCUT2D eigenvalue weighted by Gasteiger charge is 2.20. The molecule has 0 aromatic heterocycles. The molecule has 0 aliphatic carbocycles. The number of rotatable bonds is 7. The Bertz CT molecular complexity index is 497. The first-order valence-corrected chi connectivity index (χ1v) is 8.60. The van der Waals surface area contributed by atoms with E-state index >= 15 is 0 Å². The molecule has 1 aliphatic rings. The molecule has 1 aromatic rings. The highest BCUT2D eigenvalue weighted by atomic mass is 16.5. The van der Waals surface area contributed by atoms with Crippen molar-refractivity contribution < 1.29 is 14.3 Å². The van der Waals surface area contributed by atoms with Gasteiger partial charge >= 0.3 is 6.03 Å². The second kappa shape index (κ2) is 9.37. The van der Waals surface area contributed by atoms with E-state index in [1.165, 1.54) is 0 Å². The average Bonchev–Trinajstić information content (AvgIpc) is 2.61. The van der Waals surface area contributed by atoms with Crippen LogP contribution in [0, 0.1) is 5.92 Å². The summed E-state index contributed by atoms with van der Waals surface area (Å²) < 4.78 is 10.9. The van der Waals surface area contributed by atoms with E-state index in [2.05, 4.69) is 24.1 Å². The molecule has 6 heteroatoms. The zero-order chi connectivity index (χ0) is 17.4. The summed E-state index contributed by atoms with van der Waals surface area (Å²) in [6.07, 6.45) is 0. The van der Waals surface area contributed by atoms with Crippen molar-refractivity contribution in [1.29, 1.82) is 0 Å². The Labute approximate surface area is 144 Å². The number of amides is 2. The predicted octanol–water partition coefficient (Wildman–Crippen LogP) is 2.06. The summed E-state index contributed by atoms with van der Waals surface area (Å²) in [5.41, 5.74) is 0. The number of hydrogen-bond donors (Lipinski definition) is 1. The molecule has 0 radical (unpaired) electrons. The molecule has 2 amide bonds. The number of nitrogens with zero attached hydrogens (tertiary/aromatic N) is 2. The van der Waals surface area contributed by atoms with Crippen molar-refractivity contribution in [1.82, 2.24) is 15.1 Å². The molecule has 0 saturated carbocycles. The van der Waals surface area contributed by atoms with E-state index in [0.29, 0.717) is 12.5 Å². The number of ether oxygens (including phenoxy) is 2. The summed E-state index contributed by atoms with van der Waals surface area (Å²) in [5.74, 6) is 2.15. The molecule has 1 aromatic carbocycles. The summed E-state index contributed by atoms with van der Waals surface area (Å²) in [6.45, 7) is 9.76. The number of urea groups is 1. The number of methoxy groups -OCH3 is 1. The lowest BCUT2D eigenvalue weighted by Gasteiger charge is -2.34. The van der Waals surface area contributed by atoms with Crippen LogP contribution in [0.1, 0.15) is 13.8 Å². The third kappa shape index (κ3) is 5.92. The predicted molar refractivity (Wildman–Crippen MR) is 94.7 cm³/mol. The highest BCUT2D eigenvalue weighted by molar-refractivity contribution is 5.74. The number of piperazine rings is 1. The van der Waals surface area contributed by atoms with Crippen LogP contribution in [0.3, 0.4) is 0 Å². The van der Waals surface area contributed by atoms with Crippen LogP contribution in [-0.4, -0.2) is 68.8 Å². The number of nitrogens with one attached hydrogen (secondary N) is 1. The van der Waals surface area contributed by atoms with Crippen LogP contribution in [0.2, 0.25) is 0 Å². The molecule has 0 unspecified atom stereocenters. The second-order valence-electron chi connectivity index (χ2n) is 6.43. The Hall–Kier alpha value is -1.95. The lowest BCUT2D eigenvalue weighted by molar-refractivity contribution is 0.125. The fourth-order valence-corrected chi connectivity index (χ4v) is 2.54. The van der Waals surface area contributed by atoms with E-state index in [1.54, 1.807) is 7.11 Å². The summed E-state index contributed by atoms with van der Waals surface area (Å²) in [7, 11) is 1.65. The van der Waals surface area contributed by atoms with Gasteiger partial charge in [0.1, 0.15) is 18.1 Å². The quantitative estimate of drug-likeness (QED) is 0.829. The maximum absolute atomic E-state index is 12.0. The van der Waals surface area contributed by atoms with Gasteiger partial charge < -0.3 is 19.7 Å². The van der Waals surface area contributed by atoms with Crippen LogP contribution in [0.4, 0.5) is 4.79 Å². The minimum atomic E-state index is 0.0535. The van der Waals surface area contributed by atoms with Crippen molar-refractivity contribution in [3.63, 3.8) is 0 Å². The molecular formula is C18H29N3O3.